The van der Waals surface area contributed by atoms with E-state index in [0.717, 1.165) is 10.0 Å². The first-order valence-corrected chi connectivity index (χ1v) is 6.94. The molecule has 6 heteroatoms. The Labute approximate surface area is 129 Å². The zero-order valence-corrected chi connectivity index (χ0v) is 12.4. The summed E-state index contributed by atoms with van der Waals surface area (Å²) >= 11 is 3.34. The van der Waals surface area contributed by atoms with Gasteiger partial charge >= 0.3 is 5.95 Å². The second kappa shape index (κ2) is 5.88. The molecule has 104 valence electrons. The lowest BCUT2D eigenvalue weighted by molar-refractivity contribution is 0.338. The number of hydrogen-bond acceptors (Lipinski definition) is 5. The molecule has 0 bridgehead atoms. The second-order valence-corrected chi connectivity index (χ2v) is 5.11. The Hall–Kier alpha value is -2.47. The molecular weight excluding hydrogens is 334 g/mol. The second-order valence-electron chi connectivity index (χ2n) is 4.19. The Balaban J connectivity index is 1.86. The molecule has 0 unspecified atom stereocenters. The normalized spacial score (nSPS) is 11.1. The number of halogens is 1. The molecule has 0 aliphatic heterocycles. The van der Waals surface area contributed by atoms with Crippen LogP contribution >= 0.6 is 15.9 Å². The van der Waals surface area contributed by atoms with Gasteiger partial charge in [-0.25, -0.2) is 0 Å². The van der Waals surface area contributed by atoms with Crippen molar-refractivity contribution in [3.05, 3.63) is 59.1 Å². The molecule has 0 atom stereocenters. The van der Waals surface area contributed by atoms with Gasteiger partial charge in [-0.3, -0.25) is 0 Å². The minimum Gasteiger partial charge on any atom is -0.478 e. The van der Waals surface area contributed by atoms with Crippen LogP contribution in [0.25, 0.3) is 11.5 Å². The van der Waals surface area contributed by atoms with Gasteiger partial charge in [0.25, 0.3) is 5.82 Å². The molecule has 0 spiro atoms. The van der Waals surface area contributed by atoms with Gasteiger partial charge in [-0.15, -0.1) is 10.2 Å². The van der Waals surface area contributed by atoms with Crippen molar-refractivity contribution in [2.45, 2.75) is 0 Å². The van der Waals surface area contributed by atoms with Gasteiger partial charge in [-0.05, 0) is 36.4 Å². The van der Waals surface area contributed by atoms with Gasteiger partial charge in [0.2, 0.25) is 5.89 Å². The zero-order chi connectivity index (χ0) is 14.7. The summed E-state index contributed by atoms with van der Waals surface area (Å²) in [6.45, 7) is 0. The van der Waals surface area contributed by atoms with E-state index >= 15 is 0 Å². The van der Waals surface area contributed by atoms with Crippen LogP contribution in [-0.2, 0) is 0 Å². The first-order valence-electron chi connectivity index (χ1n) is 6.15. The average molecular weight is 344 g/mol. The molecule has 0 radical (unpaired) electrons. The maximum Gasteiger partial charge on any atom is 0.332 e. The van der Waals surface area contributed by atoms with E-state index in [1.54, 1.807) is 12.1 Å². The molecule has 0 aliphatic carbocycles. The third-order valence-electron chi connectivity index (χ3n) is 2.70. The van der Waals surface area contributed by atoms with Gasteiger partial charge in [0.1, 0.15) is 0 Å². The van der Waals surface area contributed by atoms with Crippen molar-refractivity contribution in [1.29, 1.82) is 0 Å². The molecule has 0 amide bonds. The number of benzene rings is 2. The van der Waals surface area contributed by atoms with Gasteiger partial charge in [0.05, 0.1) is 5.69 Å². The lowest BCUT2D eigenvalue weighted by Gasteiger charge is -1.91. The van der Waals surface area contributed by atoms with Crippen LogP contribution in [0.5, 0.6) is 5.95 Å². The van der Waals surface area contributed by atoms with Crippen LogP contribution in [0.2, 0.25) is 0 Å². The summed E-state index contributed by atoms with van der Waals surface area (Å²) < 4.78 is 6.15. The molecule has 1 aromatic heterocycles. The number of nitrogens with zero attached hydrogens (tertiary/aromatic N) is 3. The summed E-state index contributed by atoms with van der Waals surface area (Å²) in [5.74, 6) is 0.00402. The van der Waals surface area contributed by atoms with E-state index in [0.29, 0.717) is 11.6 Å². The molecule has 0 saturated heterocycles. The minimum absolute atomic E-state index is 0.0526. The van der Waals surface area contributed by atoms with Crippen molar-refractivity contribution in [2.75, 3.05) is 0 Å². The summed E-state index contributed by atoms with van der Waals surface area (Å²) in [4.78, 5) is 4.13. The van der Waals surface area contributed by atoms with E-state index < -0.39 is 0 Å². The SMILES string of the molecule is Oc1oc(-c2ccccc2)nc1N=Nc1ccc(Br)cc1. The van der Waals surface area contributed by atoms with Gasteiger partial charge < -0.3 is 9.52 Å². The summed E-state index contributed by atoms with van der Waals surface area (Å²) in [5, 5.41) is 17.6. The number of aromatic hydroxyl groups is 1. The summed E-state index contributed by atoms with van der Waals surface area (Å²) in [7, 11) is 0. The standard InChI is InChI=1S/C15H10BrN3O2/c16-11-6-8-12(9-7-11)18-19-13-15(20)21-14(17-13)10-4-2-1-3-5-10/h1-9,20H. The summed E-state index contributed by atoms with van der Waals surface area (Å²) in [6, 6.07) is 16.6. The smallest absolute Gasteiger partial charge is 0.332 e. The fraction of sp³-hybridized carbons (Fsp3) is 0. The first kappa shape index (κ1) is 13.5. The number of azo groups is 1. The van der Waals surface area contributed by atoms with Crippen molar-refractivity contribution in [1.82, 2.24) is 4.98 Å². The highest BCUT2D eigenvalue weighted by Crippen LogP contribution is 2.32. The van der Waals surface area contributed by atoms with Crippen LogP contribution in [0.15, 0.2) is 73.7 Å². The van der Waals surface area contributed by atoms with E-state index in [2.05, 4.69) is 31.1 Å². The molecule has 1 heterocycles. The molecule has 3 aromatic rings. The third-order valence-corrected chi connectivity index (χ3v) is 3.23. The molecule has 0 aliphatic rings. The monoisotopic (exact) mass is 343 g/mol. The van der Waals surface area contributed by atoms with Gasteiger partial charge in [-0.2, -0.15) is 4.98 Å². The Morgan fingerprint density at radius 1 is 0.952 bits per heavy atom. The van der Waals surface area contributed by atoms with Crippen molar-refractivity contribution < 1.29 is 9.52 Å². The minimum atomic E-state index is -0.352. The fourth-order valence-corrected chi connectivity index (χ4v) is 1.95. The molecule has 21 heavy (non-hydrogen) atoms. The average Bonchev–Trinajstić information content (AvgIpc) is 2.89. The Kier molecular flexibility index (Phi) is 3.79. The maximum atomic E-state index is 9.72. The third kappa shape index (κ3) is 3.17. The fourth-order valence-electron chi connectivity index (χ4n) is 1.69. The van der Waals surface area contributed by atoms with Crippen molar-refractivity contribution in [2.24, 2.45) is 10.2 Å². The van der Waals surface area contributed by atoms with E-state index in [4.69, 9.17) is 4.42 Å². The van der Waals surface area contributed by atoms with Crippen molar-refractivity contribution >= 4 is 27.4 Å². The molecule has 2 aromatic carbocycles. The van der Waals surface area contributed by atoms with Crippen molar-refractivity contribution in [3.8, 4) is 17.4 Å². The highest BCUT2D eigenvalue weighted by molar-refractivity contribution is 9.10. The van der Waals surface area contributed by atoms with Crippen LogP contribution in [0.4, 0.5) is 11.5 Å². The van der Waals surface area contributed by atoms with Gasteiger partial charge in [0.15, 0.2) is 0 Å². The van der Waals surface area contributed by atoms with Crippen LogP contribution in [-0.4, -0.2) is 10.1 Å². The molecule has 0 saturated carbocycles. The summed E-state index contributed by atoms with van der Waals surface area (Å²) in [5.41, 5.74) is 1.42. The van der Waals surface area contributed by atoms with E-state index in [1.165, 1.54) is 0 Å². The number of rotatable bonds is 3. The Morgan fingerprint density at radius 2 is 1.67 bits per heavy atom. The topological polar surface area (TPSA) is 71.0 Å². The van der Waals surface area contributed by atoms with Crippen LogP contribution < -0.4 is 0 Å². The van der Waals surface area contributed by atoms with E-state index in [9.17, 15) is 5.11 Å². The molecular formula is C15H10BrN3O2. The van der Waals surface area contributed by atoms with Crippen LogP contribution in [0.3, 0.4) is 0 Å². The van der Waals surface area contributed by atoms with Gasteiger partial charge in [-0.1, -0.05) is 34.1 Å². The number of hydrogen-bond donors (Lipinski definition) is 1. The Bertz CT molecular complexity index is 767. The Morgan fingerprint density at radius 3 is 2.38 bits per heavy atom. The summed E-state index contributed by atoms with van der Waals surface area (Å²) in [6.07, 6.45) is 0. The quantitative estimate of drug-likeness (QED) is 0.662. The molecule has 1 N–H and O–H groups in total. The first-order chi connectivity index (χ1) is 10.2. The molecule has 0 fully saturated rings. The highest BCUT2D eigenvalue weighted by atomic mass is 79.9. The highest BCUT2D eigenvalue weighted by Gasteiger charge is 2.13. The molecule has 5 nitrogen and oxygen atoms in total. The molecule has 3 rings (SSSR count). The largest absolute Gasteiger partial charge is 0.478 e. The number of oxazole rings is 1. The van der Waals surface area contributed by atoms with Gasteiger partial charge in [0, 0.05) is 10.0 Å². The number of aromatic nitrogens is 1. The van der Waals surface area contributed by atoms with Crippen molar-refractivity contribution in [3.63, 3.8) is 0 Å². The van der Waals surface area contributed by atoms with Crippen LogP contribution in [0, 0.1) is 0 Å². The lowest BCUT2D eigenvalue weighted by Crippen LogP contribution is -1.74. The predicted octanol–water partition coefficient (Wildman–Crippen LogP) is 5.23. The van der Waals surface area contributed by atoms with Crippen LogP contribution in [0.1, 0.15) is 0 Å². The van der Waals surface area contributed by atoms with E-state index in [1.807, 2.05) is 42.5 Å². The predicted molar refractivity (Wildman–Crippen MR) is 81.9 cm³/mol. The zero-order valence-electron chi connectivity index (χ0n) is 10.8. The van der Waals surface area contributed by atoms with E-state index in [-0.39, 0.29) is 11.8 Å². The lowest BCUT2D eigenvalue weighted by atomic mass is 10.2. The maximum absolute atomic E-state index is 9.72.